The summed E-state index contributed by atoms with van der Waals surface area (Å²) < 4.78 is 0.876. The van der Waals surface area contributed by atoms with Crippen LogP contribution in [0.3, 0.4) is 0 Å². The molecule has 1 heterocycles. The molecule has 3 rings (SSSR count). The molecule has 1 atom stereocenters. The second-order valence-corrected chi connectivity index (χ2v) is 5.33. The molecule has 0 spiro atoms. The van der Waals surface area contributed by atoms with Crippen molar-refractivity contribution in [3.63, 3.8) is 0 Å². The van der Waals surface area contributed by atoms with Gasteiger partial charge in [0.05, 0.1) is 12.1 Å². The Morgan fingerprint density at radius 1 is 1.16 bits per heavy atom. The van der Waals surface area contributed by atoms with Gasteiger partial charge in [-0.25, -0.2) is 4.98 Å². The monoisotopic (exact) mass is 315 g/mol. The normalized spacial score (nSPS) is 12.7. The molecule has 3 N–H and O–H groups in total. The van der Waals surface area contributed by atoms with Crippen LogP contribution in [-0.4, -0.2) is 16.5 Å². The van der Waals surface area contributed by atoms with E-state index >= 15 is 0 Å². The van der Waals surface area contributed by atoms with Crippen molar-refractivity contribution in [1.29, 1.82) is 0 Å². The molecule has 0 radical (unpaired) electrons. The van der Waals surface area contributed by atoms with Gasteiger partial charge in [-0.15, -0.1) is 0 Å². The largest absolute Gasteiger partial charge is 0.336 e. The molecule has 3 nitrogen and oxygen atoms in total. The number of nitrogens with zero attached hydrogens (tertiary/aromatic N) is 1. The Kier molecular flexibility index (Phi) is 3.36. The summed E-state index contributed by atoms with van der Waals surface area (Å²) in [6.45, 7) is 0.522. The fourth-order valence-electron chi connectivity index (χ4n) is 2.43. The van der Waals surface area contributed by atoms with Crippen molar-refractivity contribution in [3.05, 3.63) is 64.7 Å². The molecule has 2 aromatic carbocycles. The fourth-order valence-corrected chi connectivity index (χ4v) is 2.74. The van der Waals surface area contributed by atoms with Gasteiger partial charge >= 0.3 is 0 Å². The summed E-state index contributed by atoms with van der Waals surface area (Å²) in [5.41, 5.74) is 7.17. The summed E-state index contributed by atoms with van der Waals surface area (Å²) >= 11 is 3.39. The van der Waals surface area contributed by atoms with E-state index in [9.17, 15) is 0 Å². The van der Waals surface area contributed by atoms with Crippen molar-refractivity contribution in [2.24, 2.45) is 5.73 Å². The zero-order chi connectivity index (χ0) is 13.2. The minimum absolute atomic E-state index is 0.0809. The number of nitrogens with one attached hydrogen (secondary N) is 1. The molecule has 0 saturated heterocycles. The Hall–Kier alpha value is -1.65. The third-order valence-corrected chi connectivity index (χ3v) is 3.73. The van der Waals surface area contributed by atoms with Gasteiger partial charge in [-0.3, -0.25) is 0 Å². The van der Waals surface area contributed by atoms with E-state index in [1.807, 2.05) is 6.07 Å². The van der Waals surface area contributed by atoms with E-state index in [2.05, 4.69) is 62.3 Å². The maximum absolute atomic E-state index is 5.96. The number of aromatic amines is 1. The Labute approximate surface area is 120 Å². The highest BCUT2D eigenvalue weighted by molar-refractivity contribution is 9.10. The molecule has 0 aliphatic carbocycles. The highest BCUT2D eigenvalue weighted by Crippen LogP contribution is 2.29. The van der Waals surface area contributed by atoms with Crippen LogP contribution in [0.15, 0.2) is 53.3 Å². The number of H-pyrrole nitrogens is 1. The van der Waals surface area contributed by atoms with Crippen LogP contribution in [0.5, 0.6) is 0 Å². The van der Waals surface area contributed by atoms with Crippen LogP contribution in [0.1, 0.15) is 17.3 Å². The van der Waals surface area contributed by atoms with Crippen LogP contribution >= 0.6 is 15.9 Å². The molecule has 4 heteroatoms. The van der Waals surface area contributed by atoms with E-state index < -0.39 is 0 Å². The molecule has 19 heavy (non-hydrogen) atoms. The Balaban J connectivity index is 2.16. The van der Waals surface area contributed by atoms with Gasteiger partial charge < -0.3 is 10.7 Å². The van der Waals surface area contributed by atoms with Crippen LogP contribution < -0.4 is 5.73 Å². The first-order valence-corrected chi connectivity index (χ1v) is 6.97. The molecule has 0 saturated carbocycles. The first-order chi connectivity index (χ1) is 9.29. The van der Waals surface area contributed by atoms with Gasteiger partial charge in [0.2, 0.25) is 0 Å². The summed E-state index contributed by atoms with van der Waals surface area (Å²) in [7, 11) is 0. The molecule has 0 bridgehead atoms. The summed E-state index contributed by atoms with van der Waals surface area (Å²) in [5, 5.41) is 2.46. The van der Waals surface area contributed by atoms with Crippen molar-refractivity contribution in [3.8, 4) is 0 Å². The highest BCUT2D eigenvalue weighted by atomic mass is 79.9. The van der Waals surface area contributed by atoms with Crippen LogP contribution in [-0.2, 0) is 0 Å². The van der Waals surface area contributed by atoms with E-state index in [1.54, 1.807) is 6.20 Å². The van der Waals surface area contributed by atoms with E-state index in [1.165, 1.54) is 16.3 Å². The summed E-state index contributed by atoms with van der Waals surface area (Å²) in [5.74, 6) is 0.975. The minimum Gasteiger partial charge on any atom is -0.336 e. The second-order valence-electron chi connectivity index (χ2n) is 4.47. The van der Waals surface area contributed by atoms with Crippen molar-refractivity contribution in [1.82, 2.24) is 9.97 Å². The number of nitrogens with two attached hydrogens (primary N) is 1. The van der Waals surface area contributed by atoms with Crippen LogP contribution in [0.25, 0.3) is 10.8 Å². The number of hydrogen-bond acceptors (Lipinski definition) is 2. The number of halogens is 1. The molecule has 1 aromatic heterocycles. The predicted molar refractivity (Wildman–Crippen MR) is 81.1 cm³/mol. The third kappa shape index (κ3) is 2.29. The molecule has 3 aromatic rings. The summed E-state index contributed by atoms with van der Waals surface area (Å²) in [6.07, 6.45) is 1.77. The number of fused-ring (bicyclic) bond motifs is 1. The third-order valence-electron chi connectivity index (χ3n) is 3.33. The molecular weight excluding hydrogens is 302 g/mol. The SMILES string of the molecule is NCC(c1ncc(Br)[nH]1)c1cccc2ccccc12. The molecule has 0 fully saturated rings. The molecular formula is C15H14BrN3. The van der Waals surface area contributed by atoms with E-state index in [4.69, 9.17) is 5.73 Å². The lowest BCUT2D eigenvalue weighted by Gasteiger charge is -2.15. The quantitative estimate of drug-likeness (QED) is 0.778. The Bertz CT molecular complexity index is 700. The van der Waals surface area contributed by atoms with Crippen molar-refractivity contribution < 1.29 is 0 Å². The summed E-state index contributed by atoms with van der Waals surface area (Å²) in [6, 6.07) is 14.7. The number of rotatable bonds is 3. The van der Waals surface area contributed by atoms with E-state index in [0.29, 0.717) is 6.54 Å². The van der Waals surface area contributed by atoms with Gasteiger partial charge in [-0.05, 0) is 32.3 Å². The van der Waals surface area contributed by atoms with Gasteiger partial charge in [0.15, 0.2) is 0 Å². The lowest BCUT2D eigenvalue weighted by Crippen LogP contribution is -2.15. The average molecular weight is 316 g/mol. The van der Waals surface area contributed by atoms with E-state index in [0.717, 1.165) is 10.4 Å². The molecule has 0 aliphatic heterocycles. The smallest absolute Gasteiger partial charge is 0.115 e. The lowest BCUT2D eigenvalue weighted by molar-refractivity contribution is 0.769. The van der Waals surface area contributed by atoms with Gasteiger partial charge in [0, 0.05) is 6.54 Å². The number of aromatic nitrogens is 2. The highest BCUT2D eigenvalue weighted by Gasteiger charge is 2.17. The molecule has 96 valence electrons. The van der Waals surface area contributed by atoms with Crippen molar-refractivity contribution in [2.45, 2.75) is 5.92 Å². The zero-order valence-electron chi connectivity index (χ0n) is 10.3. The topological polar surface area (TPSA) is 54.7 Å². The number of imidazole rings is 1. The van der Waals surface area contributed by atoms with Crippen LogP contribution in [0, 0.1) is 0 Å². The van der Waals surface area contributed by atoms with E-state index in [-0.39, 0.29) is 5.92 Å². The average Bonchev–Trinajstić information content (AvgIpc) is 2.86. The maximum atomic E-state index is 5.96. The van der Waals surface area contributed by atoms with Crippen molar-refractivity contribution >= 4 is 26.7 Å². The standard InChI is InChI=1S/C15H14BrN3/c16-14-9-18-15(19-14)13(8-17)12-7-3-5-10-4-1-2-6-11(10)12/h1-7,9,13H,8,17H2,(H,18,19). The molecule has 0 amide bonds. The number of benzene rings is 2. The van der Waals surface area contributed by atoms with Gasteiger partial charge in [0.1, 0.15) is 10.4 Å². The van der Waals surface area contributed by atoms with Gasteiger partial charge in [-0.2, -0.15) is 0 Å². The first-order valence-electron chi connectivity index (χ1n) is 6.17. The van der Waals surface area contributed by atoms with Crippen LogP contribution in [0.2, 0.25) is 0 Å². The zero-order valence-corrected chi connectivity index (χ0v) is 11.9. The Morgan fingerprint density at radius 3 is 2.68 bits per heavy atom. The first kappa shape index (κ1) is 12.4. The maximum Gasteiger partial charge on any atom is 0.115 e. The number of hydrogen-bond donors (Lipinski definition) is 2. The van der Waals surface area contributed by atoms with Crippen LogP contribution in [0.4, 0.5) is 0 Å². The van der Waals surface area contributed by atoms with Gasteiger partial charge in [-0.1, -0.05) is 42.5 Å². The van der Waals surface area contributed by atoms with Gasteiger partial charge in [0.25, 0.3) is 0 Å². The summed E-state index contributed by atoms with van der Waals surface area (Å²) in [4.78, 5) is 7.60. The predicted octanol–water partition coefficient (Wildman–Crippen LogP) is 3.42. The minimum atomic E-state index is 0.0809. The Morgan fingerprint density at radius 2 is 1.95 bits per heavy atom. The fraction of sp³-hybridized carbons (Fsp3) is 0.133. The molecule has 0 aliphatic rings. The van der Waals surface area contributed by atoms with Crippen molar-refractivity contribution in [2.75, 3.05) is 6.54 Å². The molecule has 1 unspecified atom stereocenters. The lowest BCUT2D eigenvalue weighted by atomic mass is 9.93. The second kappa shape index (κ2) is 5.15.